The predicted molar refractivity (Wildman–Crippen MR) is 144 cm³/mol. The third-order valence-corrected chi connectivity index (χ3v) is 4.90. The van der Waals surface area contributed by atoms with E-state index in [1.807, 2.05) is 13.2 Å². The molecule has 1 aromatic carbocycles. The van der Waals surface area contributed by atoms with Gasteiger partial charge in [0.15, 0.2) is 6.29 Å². The van der Waals surface area contributed by atoms with Gasteiger partial charge in [0.1, 0.15) is 0 Å². The summed E-state index contributed by atoms with van der Waals surface area (Å²) >= 11 is 0. The zero-order valence-corrected chi connectivity index (χ0v) is 21.6. The van der Waals surface area contributed by atoms with Gasteiger partial charge in [0, 0.05) is 48.9 Å². The van der Waals surface area contributed by atoms with Gasteiger partial charge < -0.3 is 15.6 Å². The summed E-state index contributed by atoms with van der Waals surface area (Å²) in [6, 6.07) is 6.30. The van der Waals surface area contributed by atoms with Crippen LogP contribution in [-0.2, 0) is 4.79 Å². The van der Waals surface area contributed by atoms with Crippen molar-refractivity contribution in [3.8, 4) is 0 Å². The maximum Gasteiger partial charge on any atom is 0.222 e. The molecule has 0 saturated heterocycles. The summed E-state index contributed by atoms with van der Waals surface area (Å²) < 4.78 is 0. The lowest BCUT2D eigenvalue weighted by molar-refractivity contribution is -0.104. The number of nitrogens with one attached hydrogen (secondary N) is 2. The lowest BCUT2D eigenvalue weighted by Gasteiger charge is -2.24. The van der Waals surface area contributed by atoms with Gasteiger partial charge in [-0.2, -0.15) is 0 Å². The van der Waals surface area contributed by atoms with Crippen LogP contribution in [-0.4, -0.2) is 41.5 Å². The van der Waals surface area contributed by atoms with Crippen LogP contribution >= 0.6 is 0 Å². The van der Waals surface area contributed by atoms with E-state index >= 15 is 0 Å². The molecule has 1 aromatic heterocycles. The molecule has 0 saturated carbocycles. The average molecular weight is 452 g/mol. The third kappa shape index (κ3) is 10.3. The van der Waals surface area contributed by atoms with Gasteiger partial charge in [0.25, 0.3) is 0 Å². The number of fused-ring (bicyclic) bond motifs is 1. The second-order valence-corrected chi connectivity index (χ2v) is 7.25. The standard InChI is InChI=1S/C18H24N4.C5H7NO.C4H10/c1-6-8-13(3)22(5)17(7-2)14-9-10-15-12-20-18(19-4)21-16(15)11-14;1-2-5(3-6)4-7;1-3-4-2/h7-12H,6H2,1-5H3,(H,19,20,21);2-4,6H,1H3;3-4H2,1-2H3/b13-8+,17-7-;5-2+,6-3?;. The van der Waals surface area contributed by atoms with Crippen LogP contribution < -0.4 is 5.32 Å². The molecule has 0 atom stereocenters. The summed E-state index contributed by atoms with van der Waals surface area (Å²) in [5, 5.41) is 10.6. The van der Waals surface area contributed by atoms with Gasteiger partial charge in [0.2, 0.25) is 5.95 Å². The Morgan fingerprint density at radius 2 is 1.82 bits per heavy atom. The molecule has 0 bridgehead atoms. The van der Waals surface area contributed by atoms with Crippen LogP contribution in [0.4, 0.5) is 5.95 Å². The molecule has 0 aliphatic rings. The Labute approximate surface area is 200 Å². The highest BCUT2D eigenvalue weighted by Crippen LogP contribution is 2.25. The maximum absolute atomic E-state index is 9.75. The fraction of sp³-hybridized carbons (Fsp3) is 0.407. The van der Waals surface area contributed by atoms with Crippen LogP contribution in [0.2, 0.25) is 0 Å². The summed E-state index contributed by atoms with van der Waals surface area (Å²) in [6.07, 6.45) is 13.1. The largest absolute Gasteiger partial charge is 0.357 e. The van der Waals surface area contributed by atoms with Gasteiger partial charge in [-0.15, -0.1) is 0 Å². The number of rotatable bonds is 8. The molecule has 0 unspecified atom stereocenters. The fourth-order valence-electron chi connectivity index (χ4n) is 2.66. The Bertz CT molecular complexity index is 948. The van der Waals surface area contributed by atoms with Crippen molar-refractivity contribution >= 4 is 35.0 Å². The first-order valence-corrected chi connectivity index (χ1v) is 11.5. The van der Waals surface area contributed by atoms with Crippen molar-refractivity contribution < 1.29 is 4.79 Å². The summed E-state index contributed by atoms with van der Waals surface area (Å²) in [5.74, 6) is 0.641. The minimum absolute atomic E-state index is 0.417. The number of carbonyl (C=O) groups excluding carboxylic acids is 1. The zero-order valence-electron chi connectivity index (χ0n) is 21.6. The van der Waals surface area contributed by atoms with Crippen LogP contribution in [0.5, 0.6) is 0 Å². The molecular weight excluding hydrogens is 410 g/mol. The smallest absolute Gasteiger partial charge is 0.222 e. The molecule has 2 aromatic rings. The first-order valence-electron chi connectivity index (χ1n) is 11.5. The third-order valence-electron chi connectivity index (χ3n) is 4.90. The number of carbonyl (C=O) groups is 1. The van der Waals surface area contributed by atoms with E-state index in [2.05, 4.69) is 92.2 Å². The highest BCUT2D eigenvalue weighted by Gasteiger charge is 2.09. The first-order chi connectivity index (χ1) is 15.9. The monoisotopic (exact) mass is 451 g/mol. The van der Waals surface area contributed by atoms with E-state index in [-0.39, 0.29) is 0 Å². The SMILES string of the molecule is C/C=C(/c1ccc2cnc(NC)nc2c1)N(C)/C(C)=C/CC.C/C=C(\C=N)C=O.CCCC. The molecule has 0 fully saturated rings. The number of benzene rings is 1. The van der Waals surface area contributed by atoms with Gasteiger partial charge in [-0.3, -0.25) is 4.79 Å². The van der Waals surface area contributed by atoms with Crippen molar-refractivity contribution in [1.29, 1.82) is 5.41 Å². The number of hydrogen-bond donors (Lipinski definition) is 2. The molecule has 0 aliphatic heterocycles. The minimum Gasteiger partial charge on any atom is -0.357 e. The van der Waals surface area contributed by atoms with Crippen LogP contribution in [0.3, 0.4) is 0 Å². The molecule has 0 aliphatic carbocycles. The summed E-state index contributed by atoms with van der Waals surface area (Å²) in [7, 11) is 3.93. The second-order valence-electron chi connectivity index (χ2n) is 7.25. The Morgan fingerprint density at radius 1 is 1.15 bits per heavy atom. The highest BCUT2D eigenvalue weighted by molar-refractivity contribution is 6.00. The van der Waals surface area contributed by atoms with E-state index < -0.39 is 0 Å². The maximum atomic E-state index is 9.75. The molecule has 0 amide bonds. The van der Waals surface area contributed by atoms with Crippen molar-refractivity contribution in [3.63, 3.8) is 0 Å². The number of unbranched alkanes of at least 4 members (excludes halogenated alkanes) is 1. The van der Waals surface area contributed by atoms with E-state index in [9.17, 15) is 4.79 Å². The minimum atomic E-state index is 0.417. The van der Waals surface area contributed by atoms with Crippen LogP contribution in [0.25, 0.3) is 16.6 Å². The predicted octanol–water partition coefficient (Wildman–Crippen LogP) is 6.87. The molecule has 1 heterocycles. The number of nitrogens with zero attached hydrogens (tertiary/aromatic N) is 3. The Morgan fingerprint density at radius 3 is 2.24 bits per heavy atom. The fourth-order valence-corrected chi connectivity index (χ4v) is 2.66. The van der Waals surface area contributed by atoms with E-state index in [0.29, 0.717) is 17.8 Å². The molecule has 2 N–H and O–H groups in total. The zero-order chi connectivity index (χ0) is 25.2. The molecular formula is C27H41N5O. The van der Waals surface area contributed by atoms with Crippen molar-refractivity contribution in [2.45, 2.75) is 60.8 Å². The normalized spacial score (nSPS) is 11.6. The molecule has 2 rings (SSSR count). The van der Waals surface area contributed by atoms with Crippen molar-refractivity contribution in [3.05, 3.63) is 59.5 Å². The summed E-state index contributed by atoms with van der Waals surface area (Å²) in [5.41, 5.74) is 4.94. The van der Waals surface area contributed by atoms with E-state index in [1.165, 1.54) is 24.2 Å². The van der Waals surface area contributed by atoms with Gasteiger partial charge in [-0.05, 0) is 38.8 Å². The quantitative estimate of drug-likeness (QED) is 0.260. The highest BCUT2D eigenvalue weighted by atomic mass is 16.1. The van der Waals surface area contributed by atoms with Gasteiger partial charge in [-0.1, -0.05) is 64.0 Å². The molecule has 0 spiro atoms. The van der Waals surface area contributed by atoms with Gasteiger partial charge in [-0.25, -0.2) is 9.97 Å². The number of allylic oxidation sites excluding steroid dienone is 5. The van der Waals surface area contributed by atoms with Gasteiger partial charge in [0.05, 0.1) is 5.52 Å². The Kier molecular flexibility index (Phi) is 15.6. The van der Waals surface area contributed by atoms with Crippen molar-refractivity contribution in [2.24, 2.45) is 0 Å². The molecule has 0 radical (unpaired) electrons. The Balaban J connectivity index is 0.000000776. The first kappa shape index (κ1) is 29.7. The van der Waals surface area contributed by atoms with E-state index in [4.69, 9.17) is 5.41 Å². The number of aromatic nitrogens is 2. The van der Waals surface area contributed by atoms with E-state index in [1.54, 1.807) is 13.0 Å². The van der Waals surface area contributed by atoms with E-state index in [0.717, 1.165) is 29.1 Å². The Hall–Kier alpha value is -3.28. The van der Waals surface area contributed by atoms with Crippen LogP contribution in [0, 0.1) is 5.41 Å². The summed E-state index contributed by atoms with van der Waals surface area (Å²) in [6.45, 7) is 12.4. The molecule has 180 valence electrons. The second kappa shape index (κ2) is 17.3. The number of anilines is 1. The number of hydrogen-bond acceptors (Lipinski definition) is 6. The lowest BCUT2D eigenvalue weighted by atomic mass is 10.1. The molecule has 6 heteroatoms. The lowest BCUT2D eigenvalue weighted by Crippen LogP contribution is -2.14. The van der Waals surface area contributed by atoms with Crippen molar-refractivity contribution in [1.82, 2.24) is 14.9 Å². The topological polar surface area (TPSA) is 82.0 Å². The van der Waals surface area contributed by atoms with Crippen LogP contribution in [0.15, 0.2) is 53.9 Å². The van der Waals surface area contributed by atoms with Gasteiger partial charge >= 0.3 is 0 Å². The molecule has 33 heavy (non-hydrogen) atoms. The summed E-state index contributed by atoms with van der Waals surface area (Å²) in [4.78, 5) is 20.7. The number of aldehydes is 1. The average Bonchev–Trinajstić information content (AvgIpc) is 2.85. The van der Waals surface area contributed by atoms with Crippen LogP contribution in [0.1, 0.15) is 66.4 Å². The van der Waals surface area contributed by atoms with Crippen molar-refractivity contribution in [2.75, 3.05) is 19.4 Å². The molecule has 6 nitrogen and oxygen atoms in total.